The highest BCUT2D eigenvalue weighted by Crippen LogP contribution is 2.57. The number of halogens is 2. The number of rotatable bonds is 9. The van der Waals surface area contributed by atoms with Crippen LogP contribution in [0.4, 0.5) is 11.4 Å². The molecule has 0 radical (unpaired) electrons. The fraction of sp³-hybridized carbons (Fsp3) is 0.455. The first-order chi connectivity index (χ1) is 21.5. The number of carbonyl (C=O) groups is 2. The lowest BCUT2D eigenvalue weighted by atomic mass is 9.63. The number of ether oxygens (including phenoxy) is 2. The van der Waals surface area contributed by atoms with Gasteiger partial charge in [0.25, 0.3) is 5.69 Å². The molecule has 0 bridgehead atoms. The zero-order valence-electron chi connectivity index (χ0n) is 26.3. The molecule has 2 aromatic carbocycles. The van der Waals surface area contributed by atoms with E-state index in [0.717, 1.165) is 29.6 Å². The van der Waals surface area contributed by atoms with Crippen LogP contribution in [-0.4, -0.2) is 46.6 Å². The monoisotopic (exact) mass is 671 g/mol. The molecule has 1 aliphatic heterocycles. The molecule has 11 nitrogen and oxygen atoms in total. The van der Waals surface area contributed by atoms with Crippen molar-refractivity contribution in [3.05, 3.63) is 88.7 Å². The number of allylic oxidation sites excluding steroid dienone is 4. The van der Waals surface area contributed by atoms with Gasteiger partial charge in [-0.2, -0.15) is 0 Å². The minimum Gasteiger partial charge on any atom is -0.448 e. The average molecular weight is 673 g/mol. The van der Waals surface area contributed by atoms with Gasteiger partial charge >= 0.3 is 5.69 Å². The molecule has 13 heteroatoms. The molecular formula is C33H35Cl2N3O8. The summed E-state index contributed by atoms with van der Waals surface area (Å²) >= 11 is 13.3. The Kier molecular flexibility index (Phi) is 9.07. The van der Waals surface area contributed by atoms with Gasteiger partial charge in [-0.05, 0) is 48.3 Å². The first-order valence-electron chi connectivity index (χ1n) is 14.9. The molecule has 0 saturated carbocycles. The number of nitrogens with zero attached hydrogens (tertiary/aromatic N) is 3. The second kappa shape index (κ2) is 12.4. The van der Waals surface area contributed by atoms with Crippen LogP contribution in [-0.2, 0) is 14.3 Å². The topological polar surface area (TPSA) is 142 Å². The zero-order valence-corrected chi connectivity index (χ0v) is 27.8. The molecule has 0 amide bonds. The van der Waals surface area contributed by atoms with Gasteiger partial charge in [-0.1, -0.05) is 50.9 Å². The van der Waals surface area contributed by atoms with E-state index in [1.165, 1.54) is 6.07 Å². The minimum absolute atomic E-state index is 0.00542. The van der Waals surface area contributed by atoms with Crippen LogP contribution in [0.2, 0.25) is 10.0 Å². The Bertz CT molecular complexity index is 1680. The summed E-state index contributed by atoms with van der Waals surface area (Å²) in [4.78, 5) is 52.3. The van der Waals surface area contributed by atoms with E-state index in [-0.39, 0.29) is 56.8 Å². The number of Topliss-reactive ketones (excluding diaryl/α,β-unsaturated/α-hetero) is 2. The van der Waals surface area contributed by atoms with Crippen molar-refractivity contribution in [1.29, 1.82) is 0 Å². The highest BCUT2D eigenvalue weighted by atomic mass is 35.5. The SMILES string of the molecule is COCCCN1C2=C(C(=O)CC(C)(C)C2)C(c2cc(Cl)cc(Cl)c2Oc2ccc([N+](=O)[O-])cc2[N+](=O)[O-])C2=C1CC(C)(C)CC2=O. The van der Waals surface area contributed by atoms with Crippen LogP contribution in [0.15, 0.2) is 52.9 Å². The van der Waals surface area contributed by atoms with Crippen LogP contribution in [0.1, 0.15) is 71.3 Å². The number of methoxy groups -OCH3 is 1. The third-order valence-corrected chi connectivity index (χ3v) is 9.16. The van der Waals surface area contributed by atoms with Crippen LogP contribution in [0.25, 0.3) is 0 Å². The van der Waals surface area contributed by atoms with Gasteiger partial charge in [-0.15, -0.1) is 0 Å². The van der Waals surface area contributed by atoms with E-state index in [9.17, 15) is 29.8 Å². The smallest absolute Gasteiger partial charge is 0.318 e. The van der Waals surface area contributed by atoms with Crippen molar-refractivity contribution in [1.82, 2.24) is 4.90 Å². The van der Waals surface area contributed by atoms with E-state index in [0.29, 0.717) is 49.1 Å². The van der Waals surface area contributed by atoms with Crippen LogP contribution in [0.5, 0.6) is 11.5 Å². The molecule has 2 aliphatic carbocycles. The lowest BCUT2D eigenvalue weighted by molar-refractivity contribution is -0.394. The Morgan fingerprint density at radius 1 is 0.891 bits per heavy atom. The highest BCUT2D eigenvalue weighted by Gasteiger charge is 2.49. The van der Waals surface area contributed by atoms with E-state index in [1.54, 1.807) is 13.2 Å². The van der Waals surface area contributed by atoms with Crippen LogP contribution in [0, 0.1) is 31.1 Å². The third kappa shape index (κ3) is 6.41. The van der Waals surface area contributed by atoms with Gasteiger partial charge in [0.2, 0.25) is 5.75 Å². The molecule has 46 heavy (non-hydrogen) atoms. The molecule has 0 saturated heterocycles. The average Bonchev–Trinajstić information content (AvgIpc) is 2.93. The summed E-state index contributed by atoms with van der Waals surface area (Å²) in [6, 6.07) is 5.99. The molecule has 3 aliphatic rings. The lowest BCUT2D eigenvalue weighted by Gasteiger charge is -2.49. The van der Waals surface area contributed by atoms with Crippen molar-refractivity contribution in [2.75, 3.05) is 20.3 Å². The molecule has 5 rings (SSSR count). The molecule has 1 heterocycles. The molecule has 0 atom stereocenters. The maximum Gasteiger partial charge on any atom is 0.318 e. The van der Waals surface area contributed by atoms with Gasteiger partial charge in [-0.3, -0.25) is 29.8 Å². The summed E-state index contributed by atoms with van der Waals surface area (Å²) in [5.74, 6) is -1.48. The second-order valence-corrected chi connectivity index (χ2v) is 14.5. The van der Waals surface area contributed by atoms with Gasteiger partial charge < -0.3 is 14.4 Å². The van der Waals surface area contributed by atoms with E-state index in [2.05, 4.69) is 4.90 Å². The van der Waals surface area contributed by atoms with Crippen molar-refractivity contribution < 1.29 is 28.9 Å². The first-order valence-corrected chi connectivity index (χ1v) is 15.7. The van der Waals surface area contributed by atoms with Gasteiger partial charge in [-0.25, -0.2) is 0 Å². The van der Waals surface area contributed by atoms with Crippen LogP contribution < -0.4 is 4.74 Å². The van der Waals surface area contributed by atoms with E-state index >= 15 is 0 Å². The summed E-state index contributed by atoms with van der Waals surface area (Å²) in [6.07, 6.45) is 2.30. The Labute approximate surface area is 276 Å². The second-order valence-electron chi connectivity index (χ2n) is 13.6. The maximum absolute atomic E-state index is 14.2. The molecule has 0 spiro atoms. The van der Waals surface area contributed by atoms with Crippen LogP contribution >= 0.6 is 23.2 Å². The Morgan fingerprint density at radius 2 is 1.48 bits per heavy atom. The number of nitro benzene ring substituents is 2. The number of benzene rings is 2. The lowest BCUT2D eigenvalue weighted by Crippen LogP contribution is -2.44. The predicted octanol–water partition coefficient (Wildman–Crippen LogP) is 8.32. The molecule has 0 unspecified atom stereocenters. The van der Waals surface area contributed by atoms with E-state index in [4.69, 9.17) is 32.7 Å². The molecule has 0 aromatic heterocycles. The number of carbonyl (C=O) groups excluding carboxylic acids is 2. The molecule has 2 aromatic rings. The summed E-state index contributed by atoms with van der Waals surface area (Å²) in [7, 11) is 1.63. The van der Waals surface area contributed by atoms with Gasteiger partial charge in [0.15, 0.2) is 17.3 Å². The Morgan fingerprint density at radius 3 is 2.00 bits per heavy atom. The largest absolute Gasteiger partial charge is 0.448 e. The molecule has 244 valence electrons. The zero-order chi connectivity index (χ0) is 33.7. The summed E-state index contributed by atoms with van der Waals surface area (Å²) in [6.45, 7) is 9.19. The van der Waals surface area contributed by atoms with Crippen molar-refractivity contribution >= 4 is 46.1 Å². The van der Waals surface area contributed by atoms with Crippen molar-refractivity contribution in [2.24, 2.45) is 10.8 Å². The number of ketones is 2. The molecular weight excluding hydrogens is 637 g/mol. The summed E-state index contributed by atoms with van der Waals surface area (Å²) < 4.78 is 11.5. The standard InChI is InChI=1S/C33H35Cl2N3O8/c1-32(2)14-23-29(25(39)16-32)28(30-24(36(23)9-6-10-45-5)15-33(3,4)17-26(30)40)20-11-18(34)12-21(35)31(20)46-27-8-7-19(37(41)42)13-22(27)38(43)44/h7-8,11-13,28H,6,9-10,14-17H2,1-5H3. The number of non-ortho nitro benzene ring substituents is 1. The fourth-order valence-electron chi connectivity index (χ4n) is 6.86. The van der Waals surface area contributed by atoms with Crippen molar-refractivity contribution in [2.45, 2.75) is 65.7 Å². The Hall–Kier alpha value is -3.80. The van der Waals surface area contributed by atoms with Gasteiger partial charge in [0.1, 0.15) is 0 Å². The number of hydrogen-bond donors (Lipinski definition) is 0. The van der Waals surface area contributed by atoms with Gasteiger partial charge in [0, 0.05) is 78.2 Å². The molecule has 0 N–H and O–H groups in total. The van der Waals surface area contributed by atoms with Gasteiger partial charge in [0.05, 0.1) is 20.9 Å². The molecule has 0 fully saturated rings. The summed E-state index contributed by atoms with van der Waals surface area (Å²) in [5, 5.41) is 23.5. The predicted molar refractivity (Wildman–Crippen MR) is 172 cm³/mol. The van der Waals surface area contributed by atoms with E-state index < -0.39 is 27.1 Å². The van der Waals surface area contributed by atoms with E-state index in [1.807, 2.05) is 27.7 Å². The minimum atomic E-state index is -0.904. The normalized spacial score (nSPS) is 19.2. The fourth-order valence-corrected chi connectivity index (χ4v) is 7.40. The number of nitro groups is 2. The number of hydrogen-bond acceptors (Lipinski definition) is 9. The van der Waals surface area contributed by atoms with Crippen molar-refractivity contribution in [3.63, 3.8) is 0 Å². The summed E-state index contributed by atoms with van der Waals surface area (Å²) in [5.41, 5.74) is 0.999. The first kappa shape index (κ1) is 33.6. The van der Waals surface area contributed by atoms with Crippen LogP contribution in [0.3, 0.4) is 0 Å². The quantitative estimate of drug-likeness (QED) is 0.146. The van der Waals surface area contributed by atoms with Crippen molar-refractivity contribution in [3.8, 4) is 11.5 Å². The highest BCUT2D eigenvalue weighted by molar-refractivity contribution is 6.35. The maximum atomic E-state index is 14.2. The Balaban J connectivity index is 1.78. The third-order valence-electron chi connectivity index (χ3n) is 8.66.